The molecule has 0 radical (unpaired) electrons. The molecule has 0 unspecified atom stereocenters. The number of allylic oxidation sites excluding steroid dienone is 1. The standard InChI is InChI=1S/C9H9ClN2O/c10-9-6(5-13)2-1-3-8-7(9)4-11-12-8/h4-5H,1-3H2,(H,11,12). The summed E-state index contributed by atoms with van der Waals surface area (Å²) in [5.74, 6) is 0. The summed E-state index contributed by atoms with van der Waals surface area (Å²) in [5, 5.41) is 7.35. The van der Waals surface area contributed by atoms with Crippen LogP contribution in [0.2, 0.25) is 0 Å². The van der Waals surface area contributed by atoms with Crippen LogP contribution >= 0.6 is 11.6 Å². The lowest BCUT2D eigenvalue weighted by Crippen LogP contribution is -1.86. The summed E-state index contributed by atoms with van der Waals surface area (Å²) in [6.07, 6.45) is 5.12. The zero-order valence-corrected chi connectivity index (χ0v) is 7.77. The van der Waals surface area contributed by atoms with Gasteiger partial charge in [-0.2, -0.15) is 5.10 Å². The number of hydrogen-bond donors (Lipinski definition) is 1. The Kier molecular flexibility index (Phi) is 2.19. The Hall–Kier alpha value is -1.09. The molecule has 1 aliphatic rings. The molecule has 0 atom stereocenters. The first-order chi connectivity index (χ1) is 6.33. The van der Waals surface area contributed by atoms with Crippen LogP contribution in [0.1, 0.15) is 24.1 Å². The van der Waals surface area contributed by atoms with E-state index in [-0.39, 0.29) is 0 Å². The summed E-state index contributed by atoms with van der Waals surface area (Å²) in [4.78, 5) is 10.7. The monoisotopic (exact) mass is 196 g/mol. The van der Waals surface area contributed by atoms with E-state index in [1.165, 1.54) is 0 Å². The molecule has 1 aromatic heterocycles. The molecular weight excluding hydrogens is 188 g/mol. The van der Waals surface area contributed by atoms with E-state index in [0.29, 0.717) is 10.6 Å². The van der Waals surface area contributed by atoms with Gasteiger partial charge >= 0.3 is 0 Å². The topological polar surface area (TPSA) is 45.8 Å². The van der Waals surface area contributed by atoms with Crippen LogP contribution in [0.5, 0.6) is 0 Å². The summed E-state index contributed by atoms with van der Waals surface area (Å²) < 4.78 is 0. The molecule has 0 amide bonds. The van der Waals surface area contributed by atoms with Gasteiger partial charge < -0.3 is 0 Å². The van der Waals surface area contributed by atoms with Crippen LogP contribution in [-0.4, -0.2) is 16.5 Å². The minimum atomic E-state index is 0.552. The smallest absolute Gasteiger partial charge is 0.147 e. The van der Waals surface area contributed by atoms with Crippen molar-refractivity contribution in [3.8, 4) is 0 Å². The van der Waals surface area contributed by atoms with Crippen molar-refractivity contribution in [1.82, 2.24) is 10.2 Å². The number of nitrogens with one attached hydrogen (secondary N) is 1. The second-order valence-corrected chi connectivity index (χ2v) is 3.45. The van der Waals surface area contributed by atoms with Gasteiger partial charge in [-0.05, 0) is 19.3 Å². The van der Waals surface area contributed by atoms with Crippen LogP contribution in [-0.2, 0) is 11.2 Å². The first kappa shape index (κ1) is 8.51. The third-order valence-corrected chi connectivity index (χ3v) is 2.70. The molecule has 0 aliphatic heterocycles. The number of halogens is 1. The largest absolute Gasteiger partial charge is 0.298 e. The van der Waals surface area contributed by atoms with Gasteiger partial charge in [-0.3, -0.25) is 9.89 Å². The average molecular weight is 197 g/mol. The molecule has 4 heteroatoms. The van der Waals surface area contributed by atoms with Crippen LogP contribution in [0.3, 0.4) is 0 Å². The molecule has 3 nitrogen and oxygen atoms in total. The van der Waals surface area contributed by atoms with Crippen molar-refractivity contribution in [1.29, 1.82) is 0 Å². The Morgan fingerprint density at radius 3 is 3.15 bits per heavy atom. The predicted octanol–water partition coefficient (Wildman–Crippen LogP) is 1.89. The number of rotatable bonds is 1. The molecule has 2 rings (SSSR count). The van der Waals surface area contributed by atoms with Crippen LogP contribution in [0, 0.1) is 0 Å². The molecule has 0 aromatic carbocycles. The number of carbonyl (C=O) groups excluding carboxylic acids is 1. The minimum absolute atomic E-state index is 0.552. The summed E-state index contributed by atoms with van der Waals surface area (Å²) in [6.45, 7) is 0. The summed E-state index contributed by atoms with van der Waals surface area (Å²) in [7, 11) is 0. The number of carbonyl (C=O) groups is 1. The van der Waals surface area contributed by atoms with Crippen molar-refractivity contribution < 1.29 is 4.79 Å². The van der Waals surface area contributed by atoms with Gasteiger partial charge in [0.2, 0.25) is 0 Å². The molecule has 1 aliphatic carbocycles. The number of fused-ring (bicyclic) bond motifs is 1. The third kappa shape index (κ3) is 1.40. The highest BCUT2D eigenvalue weighted by molar-refractivity contribution is 6.50. The average Bonchev–Trinajstić information content (AvgIpc) is 2.54. The van der Waals surface area contributed by atoms with E-state index in [9.17, 15) is 4.79 Å². The molecule has 0 saturated carbocycles. The Bertz CT molecular complexity index is 367. The number of aromatic amines is 1. The van der Waals surface area contributed by atoms with E-state index >= 15 is 0 Å². The van der Waals surface area contributed by atoms with Crippen molar-refractivity contribution in [2.75, 3.05) is 0 Å². The van der Waals surface area contributed by atoms with Crippen LogP contribution in [0.4, 0.5) is 0 Å². The Morgan fingerprint density at radius 1 is 1.54 bits per heavy atom. The highest BCUT2D eigenvalue weighted by Crippen LogP contribution is 2.30. The fourth-order valence-electron chi connectivity index (χ4n) is 1.54. The van der Waals surface area contributed by atoms with Crippen molar-refractivity contribution in [2.24, 2.45) is 0 Å². The van der Waals surface area contributed by atoms with Gasteiger partial charge in [-0.15, -0.1) is 0 Å². The van der Waals surface area contributed by atoms with E-state index in [1.54, 1.807) is 6.20 Å². The lowest BCUT2D eigenvalue weighted by Gasteiger charge is -1.97. The maximum absolute atomic E-state index is 10.7. The first-order valence-electron chi connectivity index (χ1n) is 4.19. The molecule has 68 valence electrons. The molecule has 0 fully saturated rings. The van der Waals surface area contributed by atoms with Crippen molar-refractivity contribution in [2.45, 2.75) is 19.3 Å². The number of aldehydes is 1. The summed E-state index contributed by atoms with van der Waals surface area (Å²) >= 11 is 6.05. The van der Waals surface area contributed by atoms with Gasteiger partial charge in [-0.1, -0.05) is 11.6 Å². The van der Waals surface area contributed by atoms with E-state index in [1.807, 2.05) is 0 Å². The molecule has 1 N–H and O–H groups in total. The quantitative estimate of drug-likeness (QED) is 0.698. The number of nitrogens with zero attached hydrogens (tertiary/aromatic N) is 1. The second-order valence-electron chi connectivity index (χ2n) is 3.07. The number of aryl methyl sites for hydroxylation is 1. The normalized spacial score (nSPS) is 16.7. The van der Waals surface area contributed by atoms with E-state index < -0.39 is 0 Å². The van der Waals surface area contributed by atoms with Crippen LogP contribution in [0.25, 0.3) is 5.03 Å². The maximum Gasteiger partial charge on any atom is 0.147 e. The SMILES string of the molecule is O=CC1=C(Cl)c2cn[nH]c2CCC1. The number of H-pyrrole nitrogens is 1. The lowest BCUT2D eigenvalue weighted by atomic mass is 10.1. The minimum Gasteiger partial charge on any atom is -0.298 e. The Morgan fingerprint density at radius 2 is 2.38 bits per heavy atom. The second kappa shape index (κ2) is 3.34. The highest BCUT2D eigenvalue weighted by Gasteiger charge is 2.16. The zero-order chi connectivity index (χ0) is 9.26. The molecular formula is C9H9ClN2O. The molecule has 1 aromatic rings. The Balaban J connectivity index is 2.54. The zero-order valence-electron chi connectivity index (χ0n) is 7.01. The lowest BCUT2D eigenvalue weighted by molar-refractivity contribution is -0.105. The molecule has 0 spiro atoms. The fraction of sp³-hybridized carbons (Fsp3) is 0.333. The predicted molar refractivity (Wildman–Crippen MR) is 50.4 cm³/mol. The molecule has 13 heavy (non-hydrogen) atoms. The van der Waals surface area contributed by atoms with Crippen molar-refractivity contribution in [3.05, 3.63) is 23.0 Å². The third-order valence-electron chi connectivity index (χ3n) is 2.25. The van der Waals surface area contributed by atoms with Crippen molar-refractivity contribution in [3.63, 3.8) is 0 Å². The van der Waals surface area contributed by atoms with Crippen LogP contribution in [0.15, 0.2) is 11.8 Å². The van der Waals surface area contributed by atoms with E-state index in [2.05, 4.69) is 10.2 Å². The first-order valence-corrected chi connectivity index (χ1v) is 4.57. The van der Waals surface area contributed by atoms with Gasteiger partial charge in [0.25, 0.3) is 0 Å². The molecule has 1 heterocycles. The fourth-order valence-corrected chi connectivity index (χ4v) is 1.84. The van der Waals surface area contributed by atoms with E-state index in [4.69, 9.17) is 11.6 Å². The van der Waals surface area contributed by atoms with Gasteiger partial charge in [0.15, 0.2) is 0 Å². The number of hydrogen-bond acceptors (Lipinski definition) is 2. The van der Waals surface area contributed by atoms with Gasteiger partial charge in [-0.25, -0.2) is 0 Å². The van der Waals surface area contributed by atoms with Gasteiger partial charge in [0.1, 0.15) is 6.29 Å². The van der Waals surface area contributed by atoms with Crippen LogP contribution < -0.4 is 0 Å². The molecule has 0 saturated heterocycles. The number of aromatic nitrogens is 2. The van der Waals surface area contributed by atoms with E-state index in [0.717, 1.165) is 36.8 Å². The summed E-state index contributed by atoms with van der Waals surface area (Å²) in [5.41, 5.74) is 2.59. The summed E-state index contributed by atoms with van der Waals surface area (Å²) in [6, 6.07) is 0. The van der Waals surface area contributed by atoms with Gasteiger partial charge in [0, 0.05) is 16.8 Å². The highest BCUT2D eigenvalue weighted by atomic mass is 35.5. The Labute approximate surface area is 80.8 Å². The van der Waals surface area contributed by atoms with Gasteiger partial charge in [0.05, 0.1) is 11.2 Å². The molecule has 0 bridgehead atoms. The van der Waals surface area contributed by atoms with Crippen molar-refractivity contribution >= 4 is 22.9 Å². The maximum atomic E-state index is 10.7.